The van der Waals surface area contributed by atoms with E-state index < -0.39 is 5.41 Å². The van der Waals surface area contributed by atoms with E-state index in [4.69, 9.17) is 4.98 Å². The number of H-pyrrole nitrogens is 1. The maximum absolute atomic E-state index is 4.87. The van der Waals surface area contributed by atoms with Crippen molar-refractivity contribution in [2.45, 2.75) is 5.41 Å². The first-order valence-electron chi connectivity index (χ1n) is 9.59. The van der Waals surface area contributed by atoms with Crippen LogP contribution in [-0.4, -0.2) is 19.5 Å². The van der Waals surface area contributed by atoms with E-state index in [9.17, 15) is 0 Å². The lowest BCUT2D eigenvalue weighted by molar-refractivity contribution is 0.690. The molecule has 0 radical (unpaired) electrons. The van der Waals surface area contributed by atoms with Crippen molar-refractivity contribution in [3.05, 3.63) is 138 Å². The molecule has 3 aromatic carbocycles. The van der Waals surface area contributed by atoms with E-state index >= 15 is 0 Å². The van der Waals surface area contributed by atoms with Crippen LogP contribution in [-0.2, 0) is 5.41 Å². The summed E-state index contributed by atoms with van der Waals surface area (Å²) in [7, 11) is 0. The van der Waals surface area contributed by atoms with Gasteiger partial charge in [-0.3, -0.25) is 4.57 Å². The van der Waals surface area contributed by atoms with Crippen molar-refractivity contribution in [2.24, 2.45) is 0 Å². The van der Waals surface area contributed by atoms with E-state index in [0.717, 1.165) is 28.3 Å². The Hall–Kier alpha value is -3.92. The molecule has 1 N–H and O–H groups in total. The number of nitrogens with one attached hydrogen (secondary N) is 1. The van der Waals surface area contributed by atoms with Gasteiger partial charge < -0.3 is 4.98 Å². The summed E-state index contributed by atoms with van der Waals surface area (Å²) in [6.07, 6.45) is 7.30. The van der Waals surface area contributed by atoms with Crippen molar-refractivity contribution < 1.29 is 0 Å². The van der Waals surface area contributed by atoms with Crippen LogP contribution >= 0.6 is 0 Å². The number of imidazole rings is 2. The van der Waals surface area contributed by atoms with Crippen molar-refractivity contribution in [3.63, 3.8) is 0 Å². The summed E-state index contributed by atoms with van der Waals surface area (Å²) >= 11 is 0. The monoisotopic (exact) mass is 376 g/mol. The summed E-state index contributed by atoms with van der Waals surface area (Å²) < 4.78 is 1.93. The fourth-order valence-electron chi connectivity index (χ4n) is 4.01. The first-order valence-corrected chi connectivity index (χ1v) is 9.59. The van der Waals surface area contributed by atoms with Crippen molar-refractivity contribution >= 4 is 0 Å². The molecule has 0 bridgehead atoms. The quantitative estimate of drug-likeness (QED) is 0.440. The summed E-state index contributed by atoms with van der Waals surface area (Å²) in [5, 5.41) is 0. The predicted octanol–water partition coefficient (Wildman–Crippen LogP) is 4.98. The molecule has 0 fully saturated rings. The predicted molar refractivity (Wildman–Crippen MR) is 114 cm³/mol. The van der Waals surface area contributed by atoms with Gasteiger partial charge in [0.2, 0.25) is 0 Å². The van der Waals surface area contributed by atoms with Crippen LogP contribution in [0.4, 0.5) is 0 Å². The van der Waals surface area contributed by atoms with E-state index in [1.54, 1.807) is 12.5 Å². The van der Waals surface area contributed by atoms with Gasteiger partial charge in [-0.05, 0) is 16.7 Å². The maximum atomic E-state index is 4.87. The van der Waals surface area contributed by atoms with Gasteiger partial charge in [0.05, 0.1) is 6.20 Å². The lowest BCUT2D eigenvalue weighted by Crippen LogP contribution is -2.32. The number of aromatic amines is 1. The van der Waals surface area contributed by atoms with Gasteiger partial charge >= 0.3 is 0 Å². The molecule has 0 aliphatic rings. The molecule has 5 rings (SSSR count). The Bertz CT molecular complexity index is 1080. The fraction of sp³-hybridized carbons (Fsp3) is 0.0400. The minimum atomic E-state index is -0.567. The van der Waals surface area contributed by atoms with Gasteiger partial charge in [-0.1, -0.05) is 91.0 Å². The van der Waals surface area contributed by atoms with Crippen molar-refractivity contribution in [3.8, 4) is 5.82 Å². The zero-order valence-corrected chi connectivity index (χ0v) is 15.8. The molecule has 4 heteroatoms. The Kier molecular flexibility index (Phi) is 4.30. The highest BCUT2D eigenvalue weighted by atomic mass is 15.1. The molecule has 0 spiro atoms. The van der Waals surface area contributed by atoms with Crippen LogP contribution in [0.25, 0.3) is 5.82 Å². The number of benzene rings is 3. The topological polar surface area (TPSA) is 46.5 Å². The molecule has 0 aliphatic carbocycles. The SMILES string of the molecule is c1ccc(C(c2ccccc2)(c2ccccc2)c2ncc(-n3ccnc3)[nH]2)cc1. The molecule has 2 aromatic heterocycles. The van der Waals surface area contributed by atoms with Gasteiger partial charge in [-0.25, -0.2) is 9.97 Å². The van der Waals surface area contributed by atoms with Gasteiger partial charge in [0.1, 0.15) is 23.4 Å². The smallest absolute Gasteiger partial charge is 0.135 e. The van der Waals surface area contributed by atoms with Crippen molar-refractivity contribution in [1.82, 2.24) is 19.5 Å². The van der Waals surface area contributed by atoms with Gasteiger partial charge in [0, 0.05) is 12.4 Å². The summed E-state index contributed by atoms with van der Waals surface area (Å²) in [5.74, 6) is 1.74. The van der Waals surface area contributed by atoms with E-state index in [1.807, 2.05) is 35.2 Å². The zero-order valence-electron chi connectivity index (χ0n) is 15.8. The summed E-state index contributed by atoms with van der Waals surface area (Å²) in [6, 6.07) is 31.6. The molecule has 0 saturated heterocycles. The summed E-state index contributed by atoms with van der Waals surface area (Å²) in [5.41, 5.74) is 2.90. The van der Waals surface area contributed by atoms with E-state index in [0.29, 0.717) is 0 Å². The largest absolute Gasteiger partial charge is 0.327 e. The lowest BCUT2D eigenvalue weighted by Gasteiger charge is -2.34. The minimum Gasteiger partial charge on any atom is -0.327 e. The Labute approximate surface area is 169 Å². The Morgan fingerprint density at radius 3 is 1.66 bits per heavy atom. The summed E-state index contributed by atoms with van der Waals surface area (Å²) in [6.45, 7) is 0. The summed E-state index contributed by atoms with van der Waals surface area (Å²) in [4.78, 5) is 12.6. The van der Waals surface area contributed by atoms with Gasteiger partial charge in [-0.15, -0.1) is 0 Å². The Morgan fingerprint density at radius 1 is 0.690 bits per heavy atom. The molecule has 2 heterocycles. The maximum Gasteiger partial charge on any atom is 0.135 e. The molecule has 4 nitrogen and oxygen atoms in total. The second kappa shape index (κ2) is 7.24. The average molecular weight is 376 g/mol. The highest BCUT2D eigenvalue weighted by molar-refractivity contribution is 5.57. The van der Waals surface area contributed by atoms with Gasteiger partial charge in [0.25, 0.3) is 0 Å². The van der Waals surface area contributed by atoms with Crippen LogP contribution in [0.3, 0.4) is 0 Å². The number of aromatic nitrogens is 4. The number of hydrogen-bond donors (Lipinski definition) is 1. The normalized spacial score (nSPS) is 11.4. The van der Waals surface area contributed by atoms with Crippen LogP contribution < -0.4 is 0 Å². The van der Waals surface area contributed by atoms with Crippen LogP contribution in [0.5, 0.6) is 0 Å². The van der Waals surface area contributed by atoms with Gasteiger partial charge in [-0.2, -0.15) is 0 Å². The molecule has 140 valence electrons. The van der Waals surface area contributed by atoms with Crippen LogP contribution in [0.2, 0.25) is 0 Å². The molecule has 0 atom stereocenters. The molecule has 0 saturated carbocycles. The van der Waals surface area contributed by atoms with E-state index in [2.05, 4.69) is 82.8 Å². The molecule has 5 aromatic rings. The minimum absolute atomic E-state index is 0.567. The molecule has 0 amide bonds. The van der Waals surface area contributed by atoms with Crippen LogP contribution in [0.1, 0.15) is 22.5 Å². The fourth-order valence-corrected chi connectivity index (χ4v) is 4.01. The van der Waals surface area contributed by atoms with Crippen LogP contribution in [0.15, 0.2) is 116 Å². The Balaban J connectivity index is 1.84. The first kappa shape index (κ1) is 17.2. The Morgan fingerprint density at radius 2 is 1.21 bits per heavy atom. The highest BCUT2D eigenvalue weighted by Gasteiger charge is 2.40. The highest BCUT2D eigenvalue weighted by Crippen LogP contribution is 2.43. The lowest BCUT2D eigenvalue weighted by atomic mass is 9.69. The molecular formula is C25H20N4. The molecule has 0 aliphatic heterocycles. The standard InChI is InChI=1S/C25H20N4/c1-4-10-20(11-5-1)25(21-12-6-2-7-13-21,22-14-8-3-9-15-22)24-27-18-23(28-24)29-17-16-26-19-29/h1-19H,(H,27,28). The van der Waals surface area contributed by atoms with E-state index in [-0.39, 0.29) is 0 Å². The third-order valence-electron chi connectivity index (χ3n) is 5.32. The number of nitrogens with zero attached hydrogens (tertiary/aromatic N) is 3. The van der Waals surface area contributed by atoms with Crippen molar-refractivity contribution in [1.29, 1.82) is 0 Å². The third kappa shape index (κ3) is 2.86. The number of rotatable bonds is 5. The second-order valence-electron chi connectivity index (χ2n) is 6.94. The van der Waals surface area contributed by atoms with Crippen LogP contribution in [0, 0.1) is 0 Å². The van der Waals surface area contributed by atoms with E-state index in [1.165, 1.54) is 0 Å². The molecule has 29 heavy (non-hydrogen) atoms. The first-order chi connectivity index (χ1) is 14.4. The van der Waals surface area contributed by atoms with Gasteiger partial charge in [0.15, 0.2) is 0 Å². The molecule has 0 unspecified atom stereocenters. The zero-order chi connectivity index (χ0) is 19.5. The number of hydrogen-bond acceptors (Lipinski definition) is 2. The molecular weight excluding hydrogens is 356 g/mol. The van der Waals surface area contributed by atoms with Crippen molar-refractivity contribution in [2.75, 3.05) is 0 Å². The third-order valence-corrected chi connectivity index (χ3v) is 5.32. The average Bonchev–Trinajstić information content (AvgIpc) is 3.49. The second-order valence-corrected chi connectivity index (χ2v) is 6.94.